The molecule has 0 aliphatic rings. The van der Waals surface area contributed by atoms with Crippen LogP contribution in [0.4, 0.5) is 5.13 Å². The van der Waals surface area contributed by atoms with Crippen molar-refractivity contribution in [2.75, 3.05) is 11.8 Å². The van der Waals surface area contributed by atoms with Crippen LogP contribution in [0.2, 0.25) is 5.02 Å². The summed E-state index contributed by atoms with van der Waals surface area (Å²) < 4.78 is 37.7. The van der Waals surface area contributed by atoms with E-state index in [0.717, 1.165) is 11.3 Å². The van der Waals surface area contributed by atoms with Crippen molar-refractivity contribution in [3.05, 3.63) is 58.6 Å². The second kappa shape index (κ2) is 7.90. The normalized spacial score (nSPS) is 11.2. The first-order chi connectivity index (χ1) is 12.5. The Morgan fingerprint density at radius 2 is 1.69 bits per heavy atom. The quantitative estimate of drug-likeness (QED) is 0.639. The molecule has 1 heterocycles. The molecule has 0 amide bonds. The molecular weight excluding hydrogens is 398 g/mol. The van der Waals surface area contributed by atoms with Crippen molar-refractivity contribution in [1.29, 1.82) is 0 Å². The lowest BCUT2D eigenvalue weighted by Gasteiger charge is -2.05. The number of benzene rings is 2. The van der Waals surface area contributed by atoms with E-state index < -0.39 is 10.0 Å². The third-order valence-electron chi connectivity index (χ3n) is 3.23. The van der Waals surface area contributed by atoms with Crippen molar-refractivity contribution in [3.8, 4) is 11.5 Å². The Hall–Kier alpha value is -2.36. The number of rotatable bonds is 7. The van der Waals surface area contributed by atoms with Crippen LogP contribution in [0.3, 0.4) is 0 Å². The summed E-state index contributed by atoms with van der Waals surface area (Å²) in [4.78, 5) is 0.104. The zero-order valence-electron chi connectivity index (χ0n) is 13.5. The van der Waals surface area contributed by atoms with E-state index in [-0.39, 0.29) is 16.6 Å². The molecule has 10 heteroatoms. The van der Waals surface area contributed by atoms with Gasteiger partial charge in [0.05, 0.1) is 12.0 Å². The molecule has 136 valence electrons. The number of anilines is 1. The van der Waals surface area contributed by atoms with Crippen LogP contribution in [0.5, 0.6) is 11.5 Å². The summed E-state index contributed by atoms with van der Waals surface area (Å²) in [6.45, 7) is 0.170. The fraction of sp³-hybridized carbons (Fsp3) is 0.125. The number of nitrogens with one attached hydrogen (secondary N) is 1. The maximum absolute atomic E-state index is 12.4. The van der Waals surface area contributed by atoms with Gasteiger partial charge in [-0.25, -0.2) is 8.42 Å². The van der Waals surface area contributed by atoms with E-state index in [1.165, 1.54) is 19.2 Å². The molecule has 7 nitrogen and oxygen atoms in total. The molecule has 1 aromatic heterocycles. The van der Waals surface area contributed by atoms with Crippen molar-refractivity contribution in [2.24, 2.45) is 0 Å². The van der Waals surface area contributed by atoms with Gasteiger partial charge in [0.25, 0.3) is 10.0 Å². The van der Waals surface area contributed by atoms with E-state index in [4.69, 9.17) is 21.1 Å². The number of nitrogens with zero attached hydrogens (tertiary/aromatic N) is 2. The van der Waals surface area contributed by atoms with Crippen molar-refractivity contribution >= 4 is 38.1 Å². The van der Waals surface area contributed by atoms with Gasteiger partial charge in [-0.15, -0.1) is 10.2 Å². The predicted octanol–water partition coefficient (Wildman–Crippen LogP) is 3.58. The minimum Gasteiger partial charge on any atom is -0.497 e. The second-order valence-corrected chi connectivity index (χ2v) is 8.21. The predicted molar refractivity (Wildman–Crippen MR) is 99.5 cm³/mol. The Labute approximate surface area is 159 Å². The summed E-state index contributed by atoms with van der Waals surface area (Å²) in [7, 11) is -2.24. The summed E-state index contributed by atoms with van der Waals surface area (Å²) in [5.74, 6) is 1.20. The van der Waals surface area contributed by atoms with Crippen LogP contribution in [0, 0.1) is 0 Å². The van der Waals surface area contributed by atoms with Gasteiger partial charge in [0.2, 0.25) is 5.13 Å². The van der Waals surface area contributed by atoms with Crippen molar-refractivity contribution < 1.29 is 17.9 Å². The molecule has 0 unspecified atom stereocenters. The van der Waals surface area contributed by atoms with E-state index in [0.29, 0.717) is 21.5 Å². The average molecular weight is 412 g/mol. The van der Waals surface area contributed by atoms with Gasteiger partial charge < -0.3 is 9.47 Å². The highest BCUT2D eigenvalue weighted by molar-refractivity contribution is 7.93. The lowest BCUT2D eigenvalue weighted by Crippen LogP contribution is -2.12. The Balaban J connectivity index is 1.64. The molecule has 0 atom stereocenters. The SMILES string of the molecule is COc1ccc(S(=O)(=O)Nc2nnc(COc3ccc(Cl)cc3)s2)cc1. The zero-order chi connectivity index (χ0) is 18.6. The highest BCUT2D eigenvalue weighted by atomic mass is 35.5. The van der Waals surface area contributed by atoms with Crippen LogP contribution in [0.15, 0.2) is 53.4 Å². The van der Waals surface area contributed by atoms with Crippen LogP contribution in [0.1, 0.15) is 5.01 Å². The number of sulfonamides is 1. The fourth-order valence-electron chi connectivity index (χ4n) is 1.96. The van der Waals surface area contributed by atoms with E-state index in [2.05, 4.69) is 14.9 Å². The largest absolute Gasteiger partial charge is 0.497 e. The van der Waals surface area contributed by atoms with E-state index in [1.807, 2.05) is 0 Å². The van der Waals surface area contributed by atoms with Gasteiger partial charge >= 0.3 is 0 Å². The van der Waals surface area contributed by atoms with Crippen molar-refractivity contribution in [3.63, 3.8) is 0 Å². The van der Waals surface area contributed by atoms with Gasteiger partial charge in [-0.3, -0.25) is 4.72 Å². The molecule has 0 spiro atoms. The Morgan fingerprint density at radius 1 is 1.04 bits per heavy atom. The number of methoxy groups -OCH3 is 1. The molecule has 0 aliphatic carbocycles. The zero-order valence-corrected chi connectivity index (χ0v) is 15.9. The van der Waals surface area contributed by atoms with Crippen LogP contribution in [0.25, 0.3) is 0 Å². The fourth-order valence-corrected chi connectivity index (χ4v) is 3.97. The van der Waals surface area contributed by atoms with Gasteiger partial charge in [0.15, 0.2) is 5.01 Å². The average Bonchev–Trinajstić information content (AvgIpc) is 3.08. The topological polar surface area (TPSA) is 90.4 Å². The summed E-state index contributed by atoms with van der Waals surface area (Å²) in [6.07, 6.45) is 0. The number of aromatic nitrogens is 2. The molecule has 0 bridgehead atoms. The standard InChI is InChI=1S/C16H14ClN3O4S2/c1-23-12-6-8-14(9-7-12)26(21,22)20-16-19-18-15(25-16)10-24-13-4-2-11(17)3-5-13/h2-9H,10H2,1H3,(H,19,20). The maximum atomic E-state index is 12.4. The minimum absolute atomic E-state index is 0.104. The summed E-state index contributed by atoms with van der Waals surface area (Å²) in [6, 6.07) is 12.9. The molecular formula is C16H14ClN3O4S2. The molecule has 3 rings (SSSR count). The van der Waals surface area contributed by atoms with Crippen LogP contribution in [-0.4, -0.2) is 25.7 Å². The van der Waals surface area contributed by atoms with E-state index >= 15 is 0 Å². The summed E-state index contributed by atoms with van der Waals surface area (Å²) in [5, 5.41) is 9.08. The first-order valence-electron chi connectivity index (χ1n) is 7.34. The third kappa shape index (κ3) is 4.63. The smallest absolute Gasteiger partial charge is 0.263 e. The van der Waals surface area contributed by atoms with Gasteiger partial charge in [0, 0.05) is 5.02 Å². The number of hydrogen-bond donors (Lipinski definition) is 1. The molecule has 2 aromatic carbocycles. The van der Waals surface area contributed by atoms with Gasteiger partial charge in [-0.05, 0) is 48.5 Å². The second-order valence-electron chi connectivity index (χ2n) is 5.02. The number of halogens is 1. The molecule has 26 heavy (non-hydrogen) atoms. The number of hydrogen-bond acceptors (Lipinski definition) is 7. The molecule has 0 radical (unpaired) electrons. The van der Waals surface area contributed by atoms with Crippen LogP contribution in [-0.2, 0) is 16.6 Å². The first-order valence-corrected chi connectivity index (χ1v) is 10.0. The molecule has 0 fully saturated rings. The lowest BCUT2D eigenvalue weighted by molar-refractivity contribution is 0.304. The Morgan fingerprint density at radius 3 is 2.35 bits per heavy atom. The highest BCUT2D eigenvalue weighted by Gasteiger charge is 2.17. The maximum Gasteiger partial charge on any atom is 0.263 e. The molecule has 1 N–H and O–H groups in total. The van der Waals surface area contributed by atoms with Crippen LogP contribution >= 0.6 is 22.9 Å². The van der Waals surface area contributed by atoms with Crippen molar-refractivity contribution in [2.45, 2.75) is 11.5 Å². The van der Waals surface area contributed by atoms with E-state index in [1.54, 1.807) is 36.4 Å². The van der Waals surface area contributed by atoms with E-state index in [9.17, 15) is 8.42 Å². The Bertz CT molecular complexity index is 973. The monoisotopic (exact) mass is 411 g/mol. The van der Waals surface area contributed by atoms with Gasteiger partial charge in [-0.2, -0.15) is 0 Å². The lowest BCUT2D eigenvalue weighted by atomic mass is 10.3. The summed E-state index contributed by atoms with van der Waals surface area (Å²) in [5.41, 5.74) is 0. The molecule has 0 saturated heterocycles. The Kier molecular flexibility index (Phi) is 5.60. The minimum atomic E-state index is -3.75. The van der Waals surface area contributed by atoms with Gasteiger partial charge in [-0.1, -0.05) is 22.9 Å². The third-order valence-corrected chi connectivity index (χ3v) is 5.78. The first kappa shape index (κ1) is 18.4. The van der Waals surface area contributed by atoms with Crippen molar-refractivity contribution in [1.82, 2.24) is 10.2 Å². The molecule has 0 aliphatic heterocycles. The molecule has 3 aromatic rings. The van der Waals surface area contributed by atoms with Gasteiger partial charge in [0.1, 0.15) is 18.1 Å². The number of ether oxygens (including phenoxy) is 2. The van der Waals surface area contributed by atoms with Crippen LogP contribution < -0.4 is 14.2 Å². The highest BCUT2D eigenvalue weighted by Crippen LogP contribution is 2.23. The molecule has 0 saturated carbocycles. The summed E-state index contributed by atoms with van der Waals surface area (Å²) >= 11 is 6.91.